The lowest BCUT2D eigenvalue weighted by atomic mass is 9.69. The highest BCUT2D eigenvalue weighted by molar-refractivity contribution is 5.10. The Bertz CT molecular complexity index is 410. The number of aliphatic hydroxyl groups is 1. The van der Waals surface area contributed by atoms with Crippen LogP contribution >= 0.6 is 0 Å². The minimum absolute atomic E-state index is 0.347. The van der Waals surface area contributed by atoms with Crippen LogP contribution in [-0.4, -0.2) is 34.7 Å². The van der Waals surface area contributed by atoms with Crippen LogP contribution in [0.4, 0.5) is 0 Å². The van der Waals surface area contributed by atoms with Crippen molar-refractivity contribution >= 4 is 0 Å². The van der Waals surface area contributed by atoms with E-state index in [1.165, 1.54) is 44.9 Å². The number of nitrogens with zero attached hydrogens (tertiary/aromatic N) is 1. The lowest BCUT2D eigenvalue weighted by Gasteiger charge is -2.51. The molecule has 3 rings (SSSR count). The number of fused-ring (bicyclic) bond motifs is 3. The van der Waals surface area contributed by atoms with E-state index < -0.39 is 0 Å². The zero-order chi connectivity index (χ0) is 14.7. The molecule has 1 N–H and O–H groups in total. The van der Waals surface area contributed by atoms with Crippen molar-refractivity contribution < 1.29 is 5.11 Å². The quantitative estimate of drug-likeness (QED) is 0.802. The molecule has 0 radical (unpaired) electrons. The van der Waals surface area contributed by atoms with Crippen LogP contribution in [0.3, 0.4) is 0 Å². The lowest BCUT2D eigenvalue weighted by Crippen LogP contribution is -2.54. The monoisotopic (exact) mass is 287 g/mol. The van der Waals surface area contributed by atoms with Gasteiger partial charge in [0.05, 0.1) is 0 Å². The van der Waals surface area contributed by atoms with Gasteiger partial charge in [-0.05, 0) is 69.3 Å². The van der Waals surface area contributed by atoms with Gasteiger partial charge in [0.2, 0.25) is 0 Å². The summed E-state index contributed by atoms with van der Waals surface area (Å²) in [4.78, 5) is 2.83. The van der Waals surface area contributed by atoms with Gasteiger partial charge in [0.15, 0.2) is 0 Å². The second-order valence-electron chi connectivity index (χ2n) is 7.15. The Labute approximate surface area is 129 Å². The van der Waals surface area contributed by atoms with Gasteiger partial charge in [-0.25, -0.2) is 0 Å². The standard InChI is InChI=1S/C19H29NO/c1-2-3-4-6-15-7-5-8-19-18(15)12-11-16-9-10-17(13-14-21)20(16)19/h1,3-4,15-19,21H,5-14H2/b4-3+/t15-,16-,17+,18+,19+/m0/s1. The number of hydrogen-bond donors (Lipinski definition) is 1. The first-order chi connectivity index (χ1) is 10.3. The Morgan fingerprint density at radius 2 is 2.00 bits per heavy atom. The van der Waals surface area contributed by atoms with Crippen molar-refractivity contribution in [1.82, 2.24) is 4.90 Å². The largest absolute Gasteiger partial charge is 0.396 e. The van der Waals surface area contributed by atoms with E-state index in [9.17, 15) is 5.11 Å². The molecule has 3 aliphatic rings. The van der Waals surface area contributed by atoms with Gasteiger partial charge in [0.25, 0.3) is 0 Å². The van der Waals surface area contributed by atoms with Crippen LogP contribution in [0.5, 0.6) is 0 Å². The minimum atomic E-state index is 0.347. The van der Waals surface area contributed by atoms with E-state index in [4.69, 9.17) is 6.42 Å². The van der Waals surface area contributed by atoms with E-state index in [0.29, 0.717) is 12.6 Å². The molecule has 0 aromatic heterocycles. The molecule has 1 saturated carbocycles. The molecular weight excluding hydrogens is 258 g/mol. The van der Waals surface area contributed by atoms with Gasteiger partial charge < -0.3 is 5.11 Å². The summed E-state index contributed by atoms with van der Waals surface area (Å²) in [6, 6.07) is 2.23. The van der Waals surface area contributed by atoms with E-state index in [2.05, 4.69) is 16.9 Å². The van der Waals surface area contributed by atoms with Crippen molar-refractivity contribution in [3.63, 3.8) is 0 Å². The highest BCUT2D eigenvalue weighted by Gasteiger charge is 2.46. The van der Waals surface area contributed by atoms with E-state index in [1.807, 2.05) is 6.08 Å². The normalized spacial score (nSPS) is 39.9. The smallest absolute Gasteiger partial charge is 0.0445 e. The molecule has 0 aromatic carbocycles. The van der Waals surface area contributed by atoms with E-state index in [0.717, 1.165) is 36.8 Å². The van der Waals surface area contributed by atoms with Gasteiger partial charge in [-0.1, -0.05) is 18.4 Å². The van der Waals surface area contributed by atoms with Gasteiger partial charge in [0.1, 0.15) is 0 Å². The Kier molecular flexibility index (Phi) is 5.03. The van der Waals surface area contributed by atoms with Crippen molar-refractivity contribution in [2.75, 3.05) is 6.61 Å². The highest BCUT2D eigenvalue weighted by Crippen LogP contribution is 2.47. The summed E-state index contributed by atoms with van der Waals surface area (Å²) >= 11 is 0. The molecule has 116 valence electrons. The van der Waals surface area contributed by atoms with Crippen LogP contribution in [0.15, 0.2) is 12.2 Å². The number of piperidine rings is 1. The summed E-state index contributed by atoms with van der Waals surface area (Å²) in [7, 11) is 0. The SMILES string of the molecule is C#C/C=C/C[C@H]1CCC[C@@H]2[C@@H]1CC[C@@H]1CC[C@H](CCO)N12. The number of hydrogen-bond acceptors (Lipinski definition) is 2. The van der Waals surface area contributed by atoms with E-state index >= 15 is 0 Å². The van der Waals surface area contributed by atoms with Crippen LogP contribution in [0.25, 0.3) is 0 Å². The molecule has 0 bridgehead atoms. The maximum absolute atomic E-state index is 9.35. The molecule has 2 aliphatic heterocycles. The molecule has 0 spiro atoms. The van der Waals surface area contributed by atoms with Gasteiger partial charge in [0, 0.05) is 24.7 Å². The number of rotatable bonds is 4. The molecule has 2 heterocycles. The summed E-state index contributed by atoms with van der Waals surface area (Å²) < 4.78 is 0. The van der Waals surface area contributed by atoms with Gasteiger partial charge in [-0.3, -0.25) is 4.90 Å². The Morgan fingerprint density at radius 1 is 1.14 bits per heavy atom. The predicted molar refractivity (Wildman–Crippen MR) is 86.8 cm³/mol. The van der Waals surface area contributed by atoms with Crippen molar-refractivity contribution in [3.05, 3.63) is 12.2 Å². The number of terminal acetylenes is 1. The van der Waals surface area contributed by atoms with Crippen molar-refractivity contribution in [2.45, 2.75) is 75.9 Å². The van der Waals surface area contributed by atoms with Crippen LogP contribution in [0.2, 0.25) is 0 Å². The third-order valence-electron chi connectivity index (χ3n) is 6.18. The summed E-state index contributed by atoms with van der Waals surface area (Å²) in [5, 5.41) is 9.35. The maximum Gasteiger partial charge on any atom is 0.0445 e. The zero-order valence-corrected chi connectivity index (χ0v) is 13.1. The van der Waals surface area contributed by atoms with Crippen molar-refractivity contribution in [2.24, 2.45) is 11.8 Å². The molecule has 21 heavy (non-hydrogen) atoms. The fraction of sp³-hybridized carbons (Fsp3) is 0.789. The Morgan fingerprint density at radius 3 is 2.81 bits per heavy atom. The lowest BCUT2D eigenvalue weighted by molar-refractivity contribution is -0.0166. The third-order valence-corrected chi connectivity index (χ3v) is 6.18. The first-order valence-corrected chi connectivity index (χ1v) is 8.84. The van der Waals surface area contributed by atoms with Crippen LogP contribution in [-0.2, 0) is 0 Å². The van der Waals surface area contributed by atoms with Gasteiger partial charge >= 0.3 is 0 Å². The van der Waals surface area contributed by atoms with Crippen LogP contribution < -0.4 is 0 Å². The van der Waals surface area contributed by atoms with Crippen LogP contribution in [0, 0.1) is 24.2 Å². The average molecular weight is 287 g/mol. The zero-order valence-electron chi connectivity index (χ0n) is 13.1. The molecule has 2 nitrogen and oxygen atoms in total. The topological polar surface area (TPSA) is 23.5 Å². The molecule has 2 saturated heterocycles. The van der Waals surface area contributed by atoms with Crippen LogP contribution in [0.1, 0.15) is 57.8 Å². The summed E-state index contributed by atoms with van der Waals surface area (Å²) in [6.07, 6.45) is 21.1. The third kappa shape index (κ3) is 3.05. The number of allylic oxidation sites excluding steroid dienone is 2. The second kappa shape index (κ2) is 6.99. The summed E-state index contributed by atoms with van der Waals surface area (Å²) in [6.45, 7) is 0.347. The molecule has 2 heteroatoms. The highest BCUT2D eigenvalue weighted by atomic mass is 16.3. The van der Waals surface area contributed by atoms with Gasteiger partial charge in [-0.2, -0.15) is 0 Å². The summed E-state index contributed by atoms with van der Waals surface area (Å²) in [5.74, 6) is 4.30. The maximum atomic E-state index is 9.35. The average Bonchev–Trinajstić information content (AvgIpc) is 2.92. The van der Waals surface area contributed by atoms with E-state index in [-0.39, 0.29) is 0 Å². The second-order valence-corrected chi connectivity index (χ2v) is 7.15. The van der Waals surface area contributed by atoms with Crippen molar-refractivity contribution in [1.29, 1.82) is 0 Å². The van der Waals surface area contributed by atoms with Gasteiger partial charge in [-0.15, -0.1) is 6.42 Å². The summed E-state index contributed by atoms with van der Waals surface area (Å²) in [5.41, 5.74) is 0. The van der Waals surface area contributed by atoms with Crippen molar-refractivity contribution in [3.8, 4) is 12.3 Å². The molecule has 0 amide bonds. The molecule has 0 aromatic rings. The molecule has 3 fully saturated rings. The molecule has 5 atom stereocenters. The fourth-order valence-electron chi connectivity index (χ4n) is 5.38. The molecular formula is C19H29NO. The molecule has 0 unspecified atom stereocenters. The first-order valence-electron chi connectivity index (χ1n) is 8.84. The fourth-order valence-corrected chi connectivity index (χ4v) is 5.38. The van der Waals surface area contributed by atoms with E-state index in [1.54, 1.807) is 0 Å². The first kappa shape index (κ1) is 15.1. The Hall–Kier alpha value is -0.780. The predicted octanol–water partition coefficient (Wildman–Crippen LogP) is 3.36. The number of aliphatic hydroxyl groups excluding tert-OH is 1. The minimum Gasteiger partial charge on any atom is -0.396 e. The Balaban J connectivity index is 1.71. The molecule has 1 aliphatic carbocycles.